The molecule has 0 radical (unpaired) electrons. The van der Waals surface area contributed by atoms with E-state index in [4.69, 9.17) is 16.3 Å². The molecule has 0 spiro atoms. The van der Waals surface area contributed by atoms with Crippen molar-refractivity contribution in [3.05, 3.63) is 107 Å². The van der Waals surface area contributed by atoms with Crippen molar-refractivity contribution >= 4 is 46.9 Å². The first kappa shape index (κ1) is 31.8. The van der Waals surface area contributed by atoms with Gasteiger partial charge in [0, 0.05) is 17.5 Å². The number of imide groups is 2. The van der Waals surface area contributed by atoms with Gasteiger partial charge in [-0.3, -0.25) is 28.9 Å². The topological polar surface area (TPSA) is 142 Å². The molecule has 246 valence electrons. The molecule has 4 aliphatic rings. The molecule has 2 saturated heterocycles. The Morgan fingerprint density at radius 3 is 2.35 bits per heavy atom. The van der Waals surface area contributed by atoms with E-state index in [1.54, 1.807) is 36.4 Å². The maximum absolute atomic E-state index is 15.2. The van der Waals surface area contributed by atoms with Crippen LogP contribution >= 0.6 is 11.6 Å². The number of likely N-dealkylation sites (tertiary alicyclic amines) is 1. The fraction of sp³-hybridized carbons (Fsp3) is 0.324. The molecule has 3 aromatic rings. The van der Waals surface area contributed by atoms with E-state index in [1.807, 2.05) is 48.5 Å². The van der Waals surface area contributed by atoms with E-state index >= 15 is 4.79 Å². The van der Waals surface area contributed by atoms with Gasteiger partial charge in [-0.25, -0.2) is 4.90 Å². The zero-order chi connectivity index (χ0) is 33.7. The summed E-state index contributed by atoms with van der Waals surface area (Å²) in [7, 11) is 0. The van der Waals surface area contributed by atoms with Crippen LogP contribution in [0.1, 0.15) is 36.3 Å². The summed E-state index contributed by atoms with van der Waals surface area (Å²) >= 11 is 6.35. The highest BCUT2D eigenvalue weighted by atomic mass is 35.5. The van der Waals surface area contributed by atoms with Crippen LogP contribution in [-0.4, -0.2) is 64.5 Å². The first-order chi connectivity index (χ1) is 23.2. The average molecular weight is 669 g/mol. The van der Waals surface area contributed by atoms with Crippen LogP contribution in [0.25, 0.3) is 0 Å². The van der Waals surface area contributed by atoms with E-state index in [1.165, 1.54) is 4.90 Å². The van der Waals surface area contributed by atoms with Crippen molar-refractivity contribution in [2.45, 2.75) is 30.6 Å². The van der Waals surface area contributed by atoms with E-state index in [-0.39, 0.29) is 39.0 Å². The standard InChI is InChI=1S/C37H33ClN2O8/c38-23-7-4-8-24(19-23)40-34(45)29-20-28-26(13-14-27-31(28)35(46)39(33(27)44)16-15-30(42)43)32(21-9-11-25(12-10-21)48-18-17-41)37(29,36(40)47)22-5-2-1-3-6-22/h1-13,19,27-29,31-32,41H,14-18,20H2,(H,42,43). The molecule has 6 atom stereocenters. The summed E-state index contributed by atoms with van der Waals surface area (Å²) in [5, 5.41) is 18.9. The molecule has 0 bridgehead atoms. The van der Waals surface area contributed by atoms with E-state index in [0.717, 1.165) is 16.0 Å². The predicted octanol–water partition coefficient (Wildman–Crippen LogP) is 4.35. The number of carbonyl (C=O) groups excluding carboxylic acids is 4. The number of allylic oxidation sites excluding steroid dienone is 2. The number of carbonyl (C=O) groups is 5. The van der Waals surface area contributed by atoms with Crippen molar-refractivity contribution in [3.63, 3.8) is 0 Å². The molecule has 1 saturated carbocycles. The van der Waals surface area contributed by atoms with E-state index in [2.05, 4.69) is 0 Å². The number of rotatable bonds is 9. The van der Waals surface area contributed by atoms with Gasteiger partial charge in [-0.05, 0) is 60.2 Å². The summed E-state index contributed by atoms with van der Waals surface area (Å²) in [5.74, 6) is -5.90. The molecule has 2 aliphatic carbocycles. The lowest BCUT2D eigenvalue weighted by molar-refractivity contribution is -0.142. The van der Waals surface area contributed by atoms with Gasteiger partial charge in [-0.1, -0.05) is 71.8 Å². The average Bonchev–Trinajstić information content (AvgIpc) is 3.47. The fourth-order valence-corrected chi connectivity index (χ4v) is 8.72. The van der Waals surface area contributed by atoms with Crippen molar-refractivity contribution in [2.24, 2.45) is 23.7 Å². The van der Waals surface area contributed by atoms with Gasteiger partial charge in [0.1, 0.15) is 12.4 Å². The van der Waals surface area contributed by atoms with Crippen LogP contribution in [0.4, 0.5) is 5.69 Å². The third kappa shape index (κ3) is 4.85. The highest BCUT2D eigenvalue weighted by molar-refractivity contribution is 6.32. The summed E-state index contributed by atoms with van der Waals surface area (Å²) in [4.78, 5) is 71.0. The largest absolute Gasteiger partial charge is 0.491 e. The Morgan fingerprint density at radius 2 is 1.67 bits per heavy atom. The molecule has 3 aromatic carbocycles. The molecule has 10 nitrogen and oxygen atoms in total. The Kier molecular flexibility index (Phi) is 8.17. The second-order valence-electron chi connectivity index (χ2n) is 12.7. The van der Waals surface area contributed by atoms with Crippen LogP contribution in [0.5, 0.6) is 5.75 Å². The van der Waals surface area contributed by atoms with Crippen LogP contribution in [0, 0.1) is 23.7 Å². The normalized spacial score (nSPS) is 27.8. The summed E-state index contributed by atoms with van der Waals surface area (Å²) in [6.45, 7) is -0.282. The van der Waals surface area contributed by atoms with Crippen LogP contribution in [0.15, 0.2) is 90.5 Å². The van der Waals surface area contributed by atoms with E-state index < -0.39 is 64.6 Å². The second kappa shape index (κ2) is 12.3. The number of benzene rings is 3. The van der Waals surface area contributed by atoms with Crippen molar-refractivity contribution in [2.75, 3.05) is 24.7 Å². The van der Waals surface area contributed by atoms with Crippen molar-refractivity contribution in [1.82, 2.24) is 4.90 Å². The number of ether oxygens (including phenoxy) is 1. The SMILES string of the molecule is O=C(O)CCN1C(=O)C2CC=C3C(CC4C(=O)N(c5cccc(Cl)c5)C(=O)C4(c4ccccc4)C3c3ccc(OCCO)cc3)C2C1=O. The highest BCUT2D eigenvalue weighted by Crippen LogP contribution is 2.64. The number of carboxylic acids is 1. The van der Waals surface area contributed by atoms with Crippen LogP contribution in [0.2, 0.25) is 5.02 Å². The molecule has 6 unspecified atom stereocenters. The third-order valence-corrected chi connectivity index (χ3v) is 10.6. The highest BCUT2D eigenvalue weighted by Gasteiger charge is 2.70. The summed E-state index contributed by atoms with van der Waals surface area (Å²) in [5.41, 5.74) is 1.12. The Balaban J connectivity index is 1.43. The van der Waals surface area contributed by atoms with E-state index in [0.29, 0.717) is 22.0 Å². The van der Waals surface area contributed by atoms with Crippen molar-refractivity contribution in [3.8, 4) is 5.75 Å². The number of carboxylic acid groups (broad SMARTS) is 1. The van der Waals surface area contributed by atoms with Gasteiger partial charge < -0.3 is 14.9 Å². The van der Waals surface area contributed by atoms with Gasteiger partial charge in [0.2, 0.25) is 23.6 Å². The molecular weight excluding hydrogens is 636 g/mol. The Hall–Kier alpha value is -4.80. The molecular formula is C37H33ClN2O8. The van der Waals surface area contributed by atoms with Gasteiger partial charge in [-0.2, -0.15) is 0 Å². The van der Waals surface area contributed by atoms with Gasteiger partial charge in [0.15, 0.2) is 0 Å². The number of aliphatic hydroxyl groups is 1. The molecule has 4 amide bonds. The molecule has 7 rings (SSSR count). The van der Waals surface area contributed by atoms with Gasteiger partial charge in [0.25, 0.3) is 0 Å². The lowest BCUT2D eigenvalue weighted by Crippen LogP contribution is -2.53. The number of aliphatic carboxylic acids is 1. The molecule has 11 heteroatoms. The van der Waals surface area contributed by atoms with Crippen molar-refractivity contribution in [1.29, 1.82) is 0 Å². The molecule has 0 aromatic heterocycles. The van der Waals surface area contributed by atoms with Gasteiger partial charge >= 0.3 is 5.97 Å². The fourth-order valence-electron chi connectivity index (χ4n) is 8.53. The second-order valence-corrected chi connectivity index (χ2v) is 13.1. The number of amides is 4. The molecule has 48 heavy (non-hydrogen) atoms. The van der Waals surface area contributed by atoms with Crippen LogP contribution in [0.3, 0.4) is 0 Å². The van der Waals surface area contributed by atoms with Gasteiger partial charge in [0.05, 0.1) is 41.9 Å². The Bertz CT molecular complexity index is 1840. The number of fused-ring (bicyclic) bond motifs is 4. The maximum Gasteiger partial charge on any atom is 0.305 e. The summed E-state index contributed by atoms with van der Waals surface area (Å²) in [6.07, 6.45) is 1.98. The number of halogens is 1. The maximum atomic E-state index is 15.2. The number of nitrogens with zero attached hydrogens (tertiary/aromatic N) is 2. The lowest BCUT2D eigenvalue weighted by Gasteiger charge is -2.50. The quantitative estimate of drug-likeness (QED) is 0.253. The number of hydrogen-bond donors (Lipinski definition) is 2. The summed E-state index contributed by atoms with van der Waals surface area (Å²) in [6, 6.07) is 23.0. The van der Waals surface area contributed by atoms with Gasteiger partial charge in [-0.15, -0.1) is 0 Å². The smallest absolute Gasteiger partial charge is 0.305 e. The zero-order valence-corrected chi connectivity index (χ0v) is 26.6. The lowest BCUT2D eigenvalue weighted by atomic mass is 9.49. The first-order valence-electron chi connectivity index (χ1n) is 16.0. The Labute approximate surface area is 281 Å². The first-order valence-corrected chi connectivity index (χ1v) is 16.4. The monoisotopic (exact) mass is 668 g/mol. The van der Waals surface area contributed by atoms with Crippen LogP contribution < -0.4 is 9.64 Å². The minimum Gasteiger partial charge on any atom is -0.491 e. The Morgan fingerprint density at radius 1 is 0.917 bits per heavy atom. The minimum atomic E-state index is -1.40. The molecule has 2 heterocycles. The number of anilines is 1. The molecule has 2 aliphatic heterocycles. The van der Waals surface area contributed by atoms with E-state index in [9.17, 15) is 29.4 Å². The molecule has 2 N–H and O–H groups in total. The number of aliphatic hydroxyl groups excluding tert-OH is 1. The molecule has 3 fully saturated rings. The van der Waals surface area contributed by atoms with Crippen molar-refractivity contribution < 1.29 is 38.9 Å². The zero-order valence-electron chi connectivity index (χ0n) is 25.8. The minimum absolute atomic E-state index is 0.102. The van der Waals surface area contributed by atoms with Crippen LogP contribution in [-0.2, 0) is 29.4 Å². The number of hydrogen-bond acceptors (Lipinski definition) is 7. The predicted molar refractivity (Wildman–Crippen MR) is 174 cm³/mol. The third-order valence-electron chi connectivity index (χ3n) is 10.4. The summed E-state index contributed by atoms with van der Waals surface area (Å²) < 4.78 is 5.62.